The zero-order chi connectivity index (χ0) is 11.5. The summed E-state index contributed by atoms with van der Waals surface area (Å²) >= 11 is 1.62. The summed E-state index contributed by atoms with van der Waals surface area (Å²) in [6, 6.07) is 10.4. The summed E-state index contributed by atoms with van der Waals surface area (Å²) in [6.45, 7) is 4.40. The fraction of sp³-hybridized carbons (Fsp3) is 0.286. The van der Waals surface area contributed by atoms with Crippen LogP contribution in [0.4, 0.5) is 0 Å². The molecule has 1 aromatic heterocycles. The molecule has 0 amide bonds. The van der Waals surface area contributed by atoms with E-state index >= 15 is 0 Å². The first kappa shape index (κ1) is 11.2. The zero-order valence-corrected chi connectivity index (χ0v) is 10.6. The summed E-state index contributed by atoms with van der Waals surface area (Å²) in [5.74, 6) is 1.47. The van der Waals surface area contributed by atoms with Crippen molar-refractivity contribution in [3.8, 4) is 16.2 Å². The van der Waals surface area contributed by atoms with Gasteiger partial charge in [-0.3, -0.25) is 0 Å². The van der Waals surface area contributed by atoms with Crippen molar-refractivity contribution in [1.82, 2.24) is 0 Å². The van der Waals surface area contributed by atoms with Crippen LogP contribution in [0.25, 0.3) is 10.4 Å². The molecule has 1 nitrogen and oxygen atoms in total. The van der Waals surface area contributed by atoms with Gasteiger partial charge in [-0.1, -0.05) is 19.9 Å². The van der Waals surface area contributed by atoms with E-state index in [0.717, 1.165) is 5.75 Å². The summed E-state index contributed by atoms with van der Waals surface area (Å²) < 4.78 is 5.40. The van der Waals surface area contributed by atoms with Gasteiger partial charge in [0.25, 0.3) is 0 Å². The number of benzene rings is 1. The molecule has 1 radical (unpaired) electrons. The molecule has 0 aliphatic carbocycles. The number of ether oxygens (including phenoxy) is 1. The molecule has 0 N–H and O–H groups in total. The van der Waals surface area contributed by atoms with E-state index in [9.17, 15) is 0 Å². The van der Waals surface area contributed by atoms with Gasteiger partial charge in [0.05, 0.1) is 7.11 Å². The molecule has 16 heavy (non-hydrogen) atoms. The van der Waals surface area contributed by atoms with Gasteiger partial charge in [0.2, 0.25) is 0 Å². The monoisotopic (exact) mass is 231 g/mol. The summed E-state index contributed by atoms with van der Waals surface area (Å²) in [6.07, 6.45) is 0. The van der Waals surface area contributed by atoms with E-state index in [-0.39, 0.29) is 0 Å². The van der Waals surface area contributed by atoms with E-state index in [2.05, 4.69) is 37.4 Å². The molecule has 1 aromatic carbocycles. The van der Waals surface area contributed by atoms with E-state index in [1.807, 2.05) is 12.1 Å². The van der Waals surface area contributed by atoms with Crippen LogP contribution in [0.1, 0.15) is 25.3 Å². The molecule has 0 saturated carbocycles. The van der Waals surface area contributed by atoms with Crippen LogP contribution in [0.5, 0.6) is 5.75 Å². The van der Waals surface area contributed by atoms with E-state index in [0.29, 0.717) is 5.92 Å². The smallest absolute Gasteiger partial charge is 0.127 e. The third-order valence-corrected chi connectivity index (χ3v) is 3.46. The number of hydrogen-bond acceptors (Lipinski definition) is 2. The predicted octanol–water partition coefficient (Wildman–Crippen LogP) is 4.35. The molecule has 0 aliphatic heterocycles. The molecule has 83 valence electrons. The Balaban J connectivity index is 2.52. The Labute approximate surface area is 101 Å². The highest BCUT2D eigenvalue weighted by atomic mass is 32.1. The van der Waals surface area contributed by atoms with Crippen molar-refractivity contribution < 1.29 is 4.74 Å². The average Bonchev–Trinajstić information content (AvgIpc) is 2.81. The van der Waals surface area contributed by atoms with Gasteiger partial charge >= 0.3 is 0 Å². The molecule has 2 aromatic rings. The lowest BCUT2D eigenvalue weighted by molar-refractivity contribution is 0.416. The van der Waals surface area contributed by atoms with E-state index < -0.39 is 0 Å². The molecule has 0 atom stereocenters. The van der Waals surface area contributed by atoms with Gasteiger partial charge in [0.15, 0.2) is 0 Å². The van der Waals surface area contributed by atoms with E-state index in [1.54, 1.807) is 18.4 Å². The first-order valence-corrected chi connectivity index (χ1v) is 6.18. The maximum atomic E-state index is 5.40. The van der Waals surface area contributed by atoms with Gasteiger partial charge in [0, 0.05) is 15.8 Å². The second-order valence-electron chi connectivity index (χ2n) is 4.03. The molecule has 0 spiro atoms. The molecule has 0 saturated heterocycles. The summed E-state index contributed by atoms with van der Waals surface area (Å²) in [4.78, 5) is 1.21. The second-order valence-corrected chi connectivity index (χ2v) is 4.91. The van der Waals surface area contributed by atoms with Gasteiger partial charge in [-0.15, -0.1) is 11.3 Å². The minimum absolute atomic E-state index is 0.536. The maximum absolute atomic E-state index is 5.40. The van der Waals surface area contributed by atoms with E-state index in [1.165, 1.54) is 16.0 Å². The SMILES string of the molecule is COc1ccc(C(C)C)cc1-c1cc[c]s1. The zero-order valence-electron chi connectivity index (χ0n) is 9.78. The van der Waals surface area contributed by atoms with Crippen LogP contribution in [-0.2, 0) is 0 Å². The number of rotatable bonds is 3. The highest BCUT2D eigenvalue weighted by molar-refractivity contribution is 7.13. The quantitative estimate of drug-likeness (QED) is 0.763. The molecule has 1 heterocycles. The van der Waals surface area contributed by atoms with Crippen molar-refractivity contribution in [3.63, 3.8) is 0 Å². The molecular formula is C14H15OS. The van der Waals surface area contributed by atoms with Gasteiger partial charge < -0.3 is 4.74 Å². The molecule has 0 fully saturated rings. The Bertz CT molecular complexity index is 458. The molecule has 2 heteroatoms. The van der Waals surface area contributed by atoms with Crippen LogP contribution in [-0.4, -0.2) is 7.11 Å². The van der Waals surface area contributed by atoms with Gasteiger partial charge in [-0.25, -0.2) is 0 Å². The maximum Gasteiger partial charge on any atom is 0.127 e. The Morgan fingerprint density at radius 1 is 1.25 bits per heavy atom. The minimum atomic E-state index is 0.536. The Morgan fingerprint density at radius 3 is 2.62 bits per heavy atom. The van der Waals surface area contributed by atoms with Crippen LogP contribution in [0.3, 0.4) is 0 Å². The summed E-state index contributed by atoms with van der Waals surface area (Å²) in [7, 11) is 1.71. The summed E-state index contributed by atoms with van der Waals surface area (Å²) in [5, 5.41) is 3.11. The van der Waals surface area contributed by atoms with Crippen LogP contribution in [0, 0.1) is 5.38 Å². The Morgan fingerprint density at radius 2 is 2.06 bits per heavy atom. The lowest BCUT2D eigenvalue weighted by Crippen LogP contribution is -1.91. The molecule has 0 aliphatic rings. The molecule has 2 rings (SSSR count). The first-order chi connectivity index (χ1) is 7.72. The van der Waals surface area contributed by atoms with Crippen molar-refractivity contribution in [2.45, 2.75) is 19.8 Å². The molecule has 0 bridgehead atoms. The molecule has 0 unspecified atom stereocenters. The predicted molar refractivity (Wildman–Crippen MR) is 69.2 cm³/mol. The fourth-order valence-corrected chi connectivity index (χ4v) is 2.33. The largest absolute Gasteiger partial charge is 0.496 e. The third-order valence-electron chi connectivity index (χ3n) is 2.63. The van der Waals surface area contributed by atoms with Crippen LogP contribution in [0.2, 0.25) is 0 Å². The lowest BCUT2D eigenvalue weighted by atomic mass is 9.99. The minimum Gasteiger partial charge on any atom is -0.496 e. The van der Waals surface area contributed by atoms with Crippen molar-refractivity contribution >= 4 is 11.3 Å². The number of thiophene rings is 1. The average molecular weight is 231 g/mol. The third kappa shape index (κ3) is 2.12. The van der Waals surface area contributed by atoms with Crippen molar-refractivity contribution in [2.75, 3.05) is 7.11 Å². The van der Waals surface area contributed by atoms with Crippen molar-refractivity contribution in [1.29, 1.82) is 0 Å². The van der Waals surface area contributed by atoms with Crippen LogP contribution >= 0.6 is 11.3 Å². The van der Waals surface area contributed by atoms with Gasteiger partial charge in [0.1, 0.15) is 5.75 Å². The van der Waals surface area contributed by atoms with Crippen molar-refractivity contribution in [2.24, 2.45) is 0 Å². The van der Waals surface area contributed by atoms with Gasteiger partial charge in [-0.2, -0.15) is 0 Å². The fourth-order valence-electron chi connectivity index (χ4n) is 1.66. The topological polar surface area (TPSA) is 9.23 Å². The number of methoxy groups -OCH3 is 1. The molecular weight excluding hydrogens is 216 g/mol. The van der Waals surface area contributed by atoms with Gasteiger partial charge in [-0.05, 0) is 35.7 Å². The second kappa shape index (κ2) is 4.71. The highest BCUT2D eigenvalue weighted by Crippen LogP contribution is 2.35. The summed E-state index contributed by atoms with van der Waals surface area (Å²) in [5.41, 5.74) is 2.50. The van der Waals surface area contributed by atoms with Crippen LogP contribution < -0.4 is 4.74 Å². The standard InChI is InChI=1S/C14H15OS/c1-10(2)11-6-7-13(15-3)12(9-11)14-5-4-8-16-14/h4-7,9-10H,1-3H3. The Kier molecular flexibility index (Phi) is 3.30. The number of hydrogen-bond donors (Lipinski definition) is 0. The lowest BCUT2D eigenvalue weighted by Gasteiger charge is -2.11. The first-order valence-electron chi connectivity index (χ1n) is 5.36. The highest BCUT2D eigenvalue weighted by Gasteiger charge is 2.09. The van der Waals surface area contributed by atoms with E-state index in [4.69, 9.17) is 4.74 Å². The normalized spacial score (nSPS) is 10.8. The van der Waals surface area contributed by atoms with Crippen LogP contribution in [0.15, 0.2) is 30.3 Å². The van der Waals surface area contributed by atoms with Crippen molar-refractivity contribution in [3.05, 3.63) is 41.3 Å². The Hall–Kier alpha value is -1.28.